The lowest BCUT2D eigenvalue weighted by molar-refractivity contribution is -0.129. The number of primary amides is 1. The highest BCUT2D eigenvalue weighted by Gasteiger charge is 2.35. The number of ether oxygens (including phenoxy) is 2. The van der Waals surface area contributed by atoms with E-state index < -0.39 is 17.0 Å². The van der Waals surface area contributed by atoms with Crippen molar-refractivity contribution in [2.75, 3.05) is 67.3 Å². The van der Waals surface area contributed by atoms with E-state index in [0.717, 1.165) is 103 Å². The summed E-state index contributed by atoms with van der Waals surface area (Å²) in [5, 5.41) is 14.9. The second-order valence-corrected chi connectivity index (χ2v) is 24.1. The molecule has 438 valence electrons. The Labute approximate surface area is 474 Å². The minimum Gasteiger partial charge on any atom is -0.381 e. The number of benzene rings is 1. The number of H-pyrrole nitrogens is 1. The number of nitrogens with one attached hydrogen (secondary N) is 6. The molecule has 0 radical (unpaired) electrons. The van der Waals surface area contributed by atoms with Crippen LogP contribution in [0.15, 0.2) is 60.0 Å². The van der Waals surface area contributed by atoms with E-state index in [1.54, 1.807) is 11.0 Å². The number of aromatic nitrogens is 2. The molecule has 2 unspecified atom stereocenters. The predicted molar refractivity (Wildman–Crippen MR) is 320 cm³/mol. The van der Waals surface area contributed by atoms with E-state index in [9.17, 15) is 28.8 Å². The largest absolute Gasteiger partial charge is 0.381 e. The molecule has 0 aliphatic carbocycles. The third-order valence-corrected chi connectivity index (χ3v) is 14.8. The van der Waals surface area contributed by atoms with Crippen molar-refractivity contribution >= 4 is 52.9 Å². The number of urea groups is 1. The summed E-state index contributed by atoms with van der Waals surface area (Å²) in [6.45, 7) is 31.3. The van der Waals surface area contributed by atoms with E-state index in [-0.39, 0.29) is 48.3 Å². The Hall–Kier alpha value is -5.76. The number of carbonyl (C=O) groups is 5. The average molecular weight is 1120 g/mol. The molecule has 79 heavy (non-hydrogen) atoms. The van der Waals surface area contributed by atoms with Crippen molar-refractivity contribution < 1.29 is 33.4 Å². The molecule has 4 saturated heterocycles. The molecule has 3 aromatic rings. The van der Waals surface area contributed by atoms with Crippen LogP contribution >= 0.6 is 11.8 Å². The Bertz CT molecular complexity index is 2480. The minimum absolute atomic E-state index is 0.00491. The lowest BCUT2D eigenvalue weighted by Gasteiger charge is -2.34. The number of hydrogen-bond acceptors (Lipinski definition) is 12. The molecule has 4 fully saturated rings. The van der Waals surface area contributed by atoms with E-state index in [0.29, 0.717) is 68.0 Å². The number of carbonyl (C=O) groups excluding carboxylic acids is 5. The fourth-order valence-corrected chi connectivity index (χ4v) is 11.1. The summed E-state index contributed by atoms with van der Waals surface area (Å²) in [5.41, 5.74) is 8.77. The number of aryl methyl sites for hydroxylation is 2. The van der Waals surface area contributed by atoms with Crippen molar-refractivity contribution in [3.8, 4) is 11.1 Å². The highest BCUT2D eigenvalue weighted by atomic mass is 32.2. The molecule has 0 bridgehead atoms. The maximum Gasteiger partial charge on any atom is 0.315 e. The number of thioether (sulfide) groups is 1. The molecular weight excluding hydrogens is 1020 g/mol. The predicted octanol–water partition coefficient (Wildman–Crippen LogP) is 7.95. The number of aromatic amines is 1. The van der Waals surface area contributed by atoms with Gasteiger partial charge in [-0.1, -0.05) is 61.0 Å². The van der Waals surface area contributed by atoms with E-state index in [1.165, 1.54) is 12.5 Å². The van der Waals surface area contributed by atoms with Gasteiger partial charge in [0.1, 0.15) is 5.82 Å². The minimum atomic E-state index is -0.614. The van der Waals surface area contributed by atoms with Gasteiger partial charge in [-0.3, -0.25) is 24.0 Å². The van der Waals surface area contributed by atoms with Crippen LogP contribution in [0.4, 0.5) is 16.3 Å². The molecule has 8 N–H and O–H groups in total. The molecule has 4 aliphatic rings. The summed E-state index contributed by atoms with van der Waals surface area (Å²) in [4.78, 5) is 84.5. The molecular formula is C60H94N10O8S. The van der Waals surface area contributed by atoms with Crippen LogP contribution in [0.3, 0.4) is 0 Å². The lowest BCUT2D eigenvalue weighted by Crippen LogP contribution is -2.49. The van der Waals surface area contributed by atoms with E-state index in [1.807, 2.05) is 89.8 Å². The third kappa shape index (κ3) is 22.7. The van der Waals surface area contributed by atoms with Crippen LogP contribution in [0.1, 0.15) is 148 Å². The Morgan fingerprint density at radius 2 is 1.61 bits per heavy atom. The topological polar surface area (TPSA) is 242 Å². The number of rotatable bonds is 21. The first kappa shape index (κ1) is 65.8. The number of fused-ring (bicyclic) bond motifs is 1. The highest BCUT2D eigenvalue weighted by molar-refractivity contribution is 7.99. The first-order valence-corrected chi connectivity index (χ1v) is 29.6. The third-order valence-electron chi connectivity index (χ3n) is 13.6. The Balaban J connectivity index is 0.000000311. The summed E-state index contributed by atoms with van der Waals surface area (Å²) in [5.74, 6) is 3.87. The van der Waals surface area contributed by atoms with Crippen LogP contribution in [0.5, 0.6) is 0 Å². The second kappa shape index (κ2) is 32.5. The first-order valence-electron chi connectivity index (χ1n) is 28.4. The number of amides is 6. The van der Waals surface area contributed by atoms with Gasteiger partial charge < -0.3 is 56.6 Å². The summed E-state index contributed by atoms with van der Waals surface area (Å²) in [6, 6.07) is 12.2. The number of nitrogens with zero attached hydrogens (tertiary/aromatic N) is 3. The molecule has 6 amide bonds. The molecule has 18 nitrogen and oxygen atoms in total. The molecule has 1 aromatic carbocycles. The van der Waals surface area contributed by atoms with Gasteiger partial charge in [-0.15, -0.1) is 0 Å². The standard InChI is InChI=1S/C34H42N6O4.C14H28N2O3.C7H16.C5H8N2OS/c1-4-6-24-17-23(3)38-34(43)30(24)22-37-33(42)27-18-26(25-7-8-31(36-21-25)39-13-11-35-12-14-39)19-29(20-27)40(32(41)5-2)28-9-15-44-16-10-28;1-6-7-8-12(18)16-13(2,3)10-19-14(4,5)9-11(15)17;1-6(2)5-7(3)4;8-5-6-3-1-9-2-4(3)7-5/h5,7-8,17-21,28,35H,2,4,6,9-16,22H2,1,3H3,(H,37,42)(H,38,43);6-10H2,1-5H3,(H2,15,17)(H,16,18);6-7H,5H2,1-4H3;3-4H,1-2H2,(H2,6,7,8). The zero-order valence-electron chi connectivity index (χ0n) is 49.2. The summed E-state index contributed by atoms with van der Waals surface area (Å²) < 4.78 is 11.3. The van der Waals surface area contributed by atoms with Crippen LogP contribution < -0.4 is 47.7 Å². The molecule has 19 heteroatoms. The normalized spacial score (nSPS) is 17.1. The van der Waals surface area contributed by atoms with Gasteiger partial charge in [0.2, 0.25) is 11.8 Å². The number of piperazine rings is 1. The van der Waals surface area contributed by atoms with Gasteiger partial charge in [0, 0.05) is 104 Å². The fourth-order valence-electron chi connectivity index (χ4n) is 9.81. The van der Waals surface area contributed by atoms with Gasteiger partial charge in [-0.2, -0.15) is 11.8 Å². The number of anilines is 2. The first-order chi connectivity index (χ1) is 37.4. The monoisotopic (exact) mass is 1110 g/mol. The van der Waals surface area contributed by atoms with Crippen molar-refractivity contribution in [1.82, 2.24) is 36.6 Å². The van der Waals surface area contributed by atoms with Gasteiger partial charge in [0.25, 0.3) is 17.4 Å². The van der Waals surface area contributed by atoms with Crippen molar-refractivity contribution in [2.45, 2.75) is 170 Å². The SMILES string of the molecule is C=CC(=O)N(c1cc(C(=O)NCc2c(CCC)cc(C)[nH]c2=O)cc(-c2ccc(N3CCNCC3)nc2)c1)C1CCOCC1.CC(C)CC(C)C.CCCCC(=O)NC(C)(C)COC(C)(C)CC(N)=O.O=C1NC2CSCC2N1. The van der Waals surface area contributed by atoms with E-state index in [2.05, 4.69) is 77.7 Å². The van der Waals surface area contributed by atoms with E-state index in [4.69, 9.17) is 20.2 Å². The zero-order chi connectivity index (χ0) is 58.3. The van der Waals surface area contributed by atoms with Crippen LogP contribution in [-0.4, -0.2) is 126 Å². The van der Waals surface area contributed by atoms with Gasteiger partial charge in [0.15, 0.2) is 0 Å². The Morgan fingerprint density at radius 3 is 2.16 bits per heavy atom. The van der Waals surface area contributed by atoms with Gasteiger partial charge in [-0.05, 0) is 132 Å². The van der Waals surface area contributed by atoms with Gasteiger partial charge >= 0.3 is 6.03 Å². The highest BCUT2D eigenvalue weighted by Crippen LogP contribution is 2.32. The molecule has 0 saturated carbocycles. The lowest BCUT2D eigenvalue weighted by atomic mass is 9.99. The van der Waals surface area contributed by atoms with Gasteiger partial charge in [0.05, 0.1) is 36.3 Å². The number of unbranched alkanes of at least 4 members (excludes halogenated alkanes) is 1. The second-order valence-electron chi connectivity index (χ2n) is 23.0. The number of pyridine rings is 2. The molecule has 6 heterocycles. The summed E-state index contributed by atoms with van der Waals surface area (Å²) >= 11 is 1.89. The van der Waals surface area contributed by atoms with Crippen molar-refractivity contribution in [2.24, 2.45) is 17.6 Å². The van der Waals surface area contributed by atoms with E-state index >= 15 is 0 Å². The maximum atomic E-state index is 13.7. The molecule has 0 spiro atoms. The molecule has 2 aromatic heterocycles. The smallest absolute Gasteiger partial charge is 0.315 e. The molecule has 2 atom stereocenters. The molecule has 4 aliphatic heterocycles. The zero-order valence-corrected chi connectivity index (χ0v) is 50.1. The van der Waals surface area contributed by atoms with Crippen LogP contribution in [0.2, 0.25) is 0 Å². The van der Waals surface area contributed by atoms with Crippen LogP contribution in [0, 0.1) is 18.8 Å². The quantitative estimate of drug-likeness (QED) is 0.0397. The number of nitrogens with two attached hydrogens (primary N) is 1. The summed E-state index contributed by atoms with van der Waals surface area (Å²) in [6.07, 6.45) is 10.1. The summed E-state index contributed by atoms with van der Waals surface area (Å²) in [7, 11) is 0. The Kier molecular flexibility index (Phi) is 27.0. The molecule has 7 rings (SSSR count). The van der Waals surface area contributed by atoms with Crippen molar-refractivity contribution in [3.63, 3.8) is 0 Å². The fraction of sp³-hybridized carbons (Fsp3) is 0.617. The maximum absolute atomic E-state index is 13.7. The van der Waals surface area contributed by atoms with Crippen molar-refractivity contribution in [3.05, 3.63) is 88.0 Å². The average Bonchev–Trinajstić information content (AvgIpc) is 4.00. The number of hydrogen-bond donors (Lipinski definition) is 7. The van der Waals surface area contributed by atoms with Gasteiger partial charge in [-0.25, -0.2) is 9.78 Å². The van der Waals surface area contributed by atoms with Crippen LogP contribution in [0.25, 0.3) is 11.1 Å². The Morgan fingerprint density at radius 1 is 0.949 bits per heavy atom. The van der Waals surface area contributed by atoms with Crippen molar-refractivity contribution in [1.29, 1.82) is 0 Å². The van der Waals surface area contributed by atoms with Crippen LogP contribution in [-0.2, 0) is 36.8 Å².